The van der Waals surface area contributed by atoms with Gasteiger partial charge < -0.3 is 10.4 Å². The van der Waals surface area contributed by atoms with E-state index in [1.807, 2.05) is 6.07 Å². The average molecular weight is 191 g/mol. The third-order valence-electron chi connectivity index (χ3n) is 3.01. The lowest BCUT2D eigenvalue weighted by Gasteiger charge is -2.29. The Morgan fingerprint density at radius 2 is 2.21 bits per heavy atom. The van der Waals surface area contributed by atoms with Crippen molar-refractivity contribution >= 4 is 0 Å². The Bertz CT molecular complexity index is 333. The van der Waals surface area contributed by atoms with Gasteiger partial charge in [0, 0.05) is 13.1 Å². The monoisotopic (exact) mass is 191 g/mol. The van der Waals surface area contributed by atoms with E-state index in [0.717, 1.165) is 13.1 Å². The minimum Gasteiger partial charge on any atom is -0.508 e. The Morgan fingerprint density at radius 3 is 2.93 bits per heavy atom. The summed E-state index contributed by atoms with van der Waals surface area (Å²) in [4.78, 5) is 0. The molecule has 1 unspecified atom stereocenters. The molecule has 0 aliphatic carbocycles. The number of benzene rings is 1. The van der Waals surface area contributed by atoms with E-state index in [0.29, 0.717) is 17.6 Å². The van der Waals surface area contributed by atoms with Gasteiger partial charge >= 0.3 is 0 Å². The van der Waals surface area contributed by atoms with E-state index in [1.54, 1.807) is 6.07 Å². The molecule has 1 heterocycles. The summed E-state index contributed by atoms with van der Waals surface area (Å²) in [5.41, 5.74) is 2.64. The molecular weight excluding hydrogens is 174 g/mol. The summed E-state index contributed by atoms with van der Waals surface area (Å²) in [5.74, 6) is 1.60. The number of hydrogen-bond donors (Lipinski definition) is 2. The molecule has 0 amide bonds. The Labute approximate surface area is 85.0 Å². The highest BCUT2D eigenvalue weighted by Crippen LogP contribution is 2.31. The lowest BCUT2D eigenvalue weighted by atomic mass is 9.83. The van der Waals surface area contributed by atoms with Gasteiger partial charge in [0.15, 0.2) is 0 Å². The van der Waals surface area contributed by atoms with Crippen molar-refractivity contribution < 1.29 is 5.11 Å². The molecule has 0 aromatic heterocycles. The van der Waals surface area contributed by atoms with Gasteiger partial charge in [-0.3, -0.25) is 0 Å². The Hall–Kier alpha value is -1.02. The van der Waals surface area contributed by atoms with Crippen molar-refractivity contribution in [2.45, 2.75) is 26.3 Å². The summed E-state index contributed by atoms with van der Waals surface area (Å²) in [5, 5.41) is 12.8. The largest absolute Gasteiger partial charge is 0.508 e. The van der Waals surface area contributed by atoms with Gasteiger partial charge in [-0.1, -0.05) is 19.9 Å². The number of aromatic hydroxyl groups is 1. The van der Waals surface area contributed by atoms with Gasteiger partial charge in [-0.2, -0.15) is 0 Å². The second-order valence-electron chi connectivity index (χ2n) is 4.36. The number of rotatable bonds is 1. The molecule has 0 radical (unpaired) electrons. The molecule has 2 N–H and O–H groups in total. The van der Waals surface area contributed by atoms with E-state index in [2.05, 4.69) is 25.2 Å². The molecule has 2 nitrogen and oxygen atoms in total. The SMILES string of the molecule is CC(C)C1CNCc2cc(O)ccc21. The maximum Gasteiger partial charge on any atom is 0.115 e. The first-order chi connectivity index (χ1) is 6.68. The molecule has 1 aromatic rings. The van der Waals surface area contributed by atoms with Crippen LogP contribution in [0.5, 0.6) is 5.75 Å². The van der Waals surface area contributed by atoms with Gasteiger partial charge in [0.25, 0.3) is 0 Å². The predicted molar refractivity (Wildman–Crippen MR) is 57.4 cm³/mol. The van der Waals surface area contributed by atoms with Gasteiger partial charge in [-0.25, -0.2) is 0 Å². The summed E-state index contributed by atoms with van der Waals surface area (Å²) in [6.07, 6.45) is 0. The number of phenolic OH excluding ortho intramolecular Hbond substituents is 1. The molecule has 2 heteroatoms. The van der Waals surface area contributed by atoms with Crippen LogP contribution in [0.15, 0.2) is 18.2 Å². The lowest BCUT2D eigenvalue weighted by Crippen LogP contribution is -2.30. The Morgan fingerprint density at radius 1 is 1.43 bits per heavy atom. The Balaban J connectivity index is 2.40. The summed E-state index contributed by atoms with van der Waals surface area (Å²) in [6, 6.07) is 5.73. The third-order valence-corrected chi connectivity index (χ3v) is 3.01. The zero-order valence-electron chi connectivity index (χ0n) is 8.75. The van der Waals surface area contributed by atoms with Crippen LogP contribution in [0.3, 0.4) is 0 Å². The minimum absolute atomic E-state index is 0.370. The van der Waals surface area contributed by atoms with E-state index in [9.17, 15) is 5.11 Å². The number of hydrogen-bond acceptors (Lipinski definition) is 2. The van der Waals surface area contributed by atoms with Crippen molar-refractivity contribution in [2.75, 3.05) is 6.54 Å². The molecule has 14 heavy (non-hydrogen) atoms. The highest BCUT2D eigenvalue weighted by atomic mass is 16.3. The standard InChI is InChI=1S/C12H17NO/c1-8(2)12-7-13-6-9-5-10(14)3-4-11(9)12/h3-5,8,12-14H,6-7H2,1-2H3. The summed E-state index contributed by atoms with van der Waals surface area (Å²) >= 11 is 0. The topological polar surface area (TPSA) is 32.3 Å². The first kappa shape index (κ1) is 9.53. The zero-order valence-corrected chi connectivity index (χ0v) is 8.75. The quantitative estimate of drug-likeness (QED) is 0.713. The first-order valence-corrected chi connectivity index (χ1v) is 5.21. The van der Waals surface area contributed by atoms with Gasteiger partial charge in [0.05, 0.1) is 0 Å². The van der Waals surface area contributed by atoms with Crippen molar-refractivity contribution in [3.05, 3.63) is 29.3 Å². The summed E-state index contributed by atoms with van der Waals surface area (Å²) in [6.45, 7) is 6.42. The number of fused-ring (bicyclic) bond motifs is 1. The summed E-state index contributed by atoms with van der Waals surface area (Å²) < 4.78 is 0. The highest BCUT2D eigenvalue weighted by molar-refractivity contribution is 5.38. The van der Waals surface area contributed by atoms with E-state index in [-0.39, 0.29) is 0 Å². The second-order valence-corrected chi connectivity index (χ2v) is 4.36. The predicted octanol–water partition coefficient (Wildman–Crippen LogP) is 2.24. The molecule has 76 valence electrons. The Kier molecular flexibility index (Phi) is 2.46. The first-order valence-electron chi connectivity index (χ1n) is 5.21. The van der Waals surface area contributed by atoms with E-state index < -0.39 is 0 Å². The minimum atomic E-state index is 0.370. The van der Waals surface area contributed by atoms with Crippen LogP contribution < -0.4 is 5.32 Å². The van der Waals surface area contributed by atoms with E-state index in [1.165, 1.54) is 11.1 Å². The van der Waals surface area contributed by atoms with Crippen molar-refractivity contribution in [1.82, 2.24) is 5.32 Å². The maximum atomic E-state index is 9.39. The van der Waals surface area contributed by atoms with Crippen LogP contribution >= 0.6 is 0 Å². The van der Waals surface area contributed by atoms with Crippen molar-refractivity contribution in [3.8, 4) is 5.75 Å². The van der Waals surface area contributed by atoms with Crippen LogP contribution in [0.2, 0.25) is 0 Å². The molecule has 1 aliphatic heterocycles. The second kappa shape index (κ2) is 3.62. The molecule has 0 fully saturated rings. The fraction of sp³-hybridized carbons (Fsp3) is 0.500. The number of phenols is 1. The van der Waals surface area contributed by atoms with Crippen molar-refractivity contribution in [2.24, 2.45) is 5.92 Å². The normalized spacial score (nSPS) is 20.9. The molecular formula is C12H17NO. The van der Waals surface area contributed by atoms with Gasteiger partial charge in [-0.05, 0) is 35.1 Å². The van der Waals surface area contributed by atoms with Crippen molar-refractivity contribution in [1.29, 1.82) is 0 Å². The number of nitrogens with one attached hydrogen (secondary N) is 1. The van der Waals surface area contributed by atoms with E-state index >= 15 is 0 Å². The summed E-state index contributed by atoms with van der Waals surface area (Å²) in [7, 11) is 0. The molecule has 1 atom stereocenters. The van der Waals surface area contributed by atoms with Gasteiger partial charge in [-0.15, -0.1) is 0 Å². The van der Waals surface area contributed by atoms with Gasteiger partial charge in [0.2, 0.25) is 0 Å². The maximum absolute atomic E-state index is 9.39. The molecule has 2 rings (SSSR count). The fourth-order valence-corrected chi connectivity index (χ4v) is 2.17. The van der Waals surface area contributed by atoms with Crippen molar-refractivity contribution in [3.63, 3.8) is 0 Å². The van der Waals surface area contributed by atoms with Crippen LogP contribution in [-0.2, 0) is 6.54 Å². The average Bonchev–Trinajstić information content (AvgIpc) is 2.16. The van der Waals surface area contributed by atoms with Gasteiger partial charge in [0.1, 0.15) is 5.75 Å². The lowest BCUT2D eigenvalue weighted by molar-refractivity contribution is 0.430. The fourth-order valence-electron chi connectivity index (χ4n) is 2.17. The van der Waals surface area contributed by atoms with Crippen LogP contribution in [0.25, 0.3) is 0 Å². The van der Waals surface area contributed by atoms with Crippen LogP contribution in [-0.4, -0.2) is 11.7 Å². The van der Waals surface area contributed by atoms with Crippen LogP contribution in [0.1, 0.15) is 30.9 Å². The van der Waals surface area contributed by atoms with E-state index in [4.69, 9.17) is 0 Å². The molecule has 1 aromatic carbocycles. The van der Waals surface area contributed by atoms with Crippen LogP contribution in [0, 0.1) is 5.92 Å². The highest BCUT2D eigenvalue weighted by Gasteiger charge is 2.22. The molecule has 1 aliphatic rings. The molecule has 0 saturated carbocycles. The zero-order chi connectivity index (χ0) is 10.1. The molecule has 0 saturated heterocycles. The third kappa shape index (κ3) is 1.62. The smallest absolute Gasteiger partial charge is 0.115 e. The van der Waals surface area contributed by atoms with Crippen LogP contribution in [0.4, 0.5) is 0 Å². The molecule has 0 bridgehead atoms. The molecule has 0 spiro atoms.